The maximum atomic E-state index is 12.7. The van der Waals surface area contributed by atoms with E-state index >= 15 is 0 Å². The quantitative estimate of drug-likeness (QED) is 0.850. The molecule has 27 heavy (non-hydrogen) atoms. The van der Waals surface area contributed by atoms with Gasteiger partial charge in [-0.1, -0.05) is 31.5 Å². The third kappa shape index (κ3) is 4.42. The molecular formula is C20H24N2O4S. The molecule has 0 unspecified atom stereocenters. The van der Waals surface area contributed by atoms with Gasteiger partial charge in [-0.15, -0.1) is 0 Å². The maximum absolute atomic E-state index is 12.7. The number of hydrogen-bond donors (Lipinski definition) is 1. The number of carbonyl (C=O) groups excluding carboxylic acids is 1. The van der Waals surface area contributed by atoms with Crippen LogP contribution < -0.4 is 4.72 Å². The summed E-state index contributed by atoms with van der Waals surface area (Å²) in [5.41, 5.74) is 3.64. The molecule has 0 radical (unpaired) electrons. The molecule has 6 nitrogen and oxygen atoms in total. The lowest BCUT2D eigenvalue weighted by atomic mass is 9.99. The number of nitrogens with zero attached hydrogens (tertiary/aromatic N) is 1. The summed E-state index contributed by atoms with van der Waals surface area (Å²) in [7, 11) is -2.31. The average molecular weight is 388 g/mol. The van der Waals surface area contributed by atoms with Crippen LogP contribution in [0.25, 0.3) is 0 Å². The van der Waals surface area contributed by atoms with E-state index in [-0.39, 0.29) is 11.0 Å². The molecule has 1 aliphatic heterocycles. The summed E-state index contributed by atoms with van der Waals surface area (Å²) in [4.78, 5) is 13.6. The third-order valence-electron chi connectivity index (χ3n) is 4.68. The number of aryl methyl sites for hydroxylation is 1. The fraction of sp³-hybridized carbons (Fsp3) is 0.350. The Hall–Kier alpha value is -2.54. The molecule has 1 N–H and O–H groups in total. The van der Waals surface area contributed by atoms with Crippen LogP contribution in [0.15, 0.2) is 47.4 Å². The van der Waals surface area contributed by atoms with Gasteiger partial charge in [0.2, 0.25) is 0 Å². The van der Waals surface area contributed by atoms with Crippen molar-refractivity contribution in [2.45, 2.75) is 37.6 Å². The van der Waals surface area contributed by atoms with Crippen LogP contribution in [0.4, 0.5) is 10.5 Å². The van der Waals surface area contributed by atoms with Crippen molar-refractivity contribution in [3.63, 3.8) is 0 Å². The summed E-state index contributed by atoms with van der Waals surface area (Å²) in [5, 5.41) is 0. The first-order valence-electron chi connectivity index (χ1n) is 8.99. The molecule has 1 amide bonds. The van der Waals surface area contributed by atoms with Gasteiger partial charge in [0.25, 0.3) is 10.0 Å². The van der Waals surface area contributed by atoms with Gasteiger partial charge < -0.3 is 9.64 Å². The zero-order valence-electron chi connectivity index (χ0n) is 15.6. The molecule has 0 saturated carbocycles. The van der Waals surface area contributed by atoms with Gasteiger partial charge in [-0.2, -0.15) is 0 Å². The number of anilines is 1. The van der Waals surface area contributed by atoms with Crippen molar-refractivity contribution in [3.05, 3.63) is 59.2 Å². The standard InChI is InChI=1S/C20H24N2O4S/c1-3-4-15-5-9-19(10-6-15)27(24,25)21-18-8-7-16-11-12-22(20(23)26-2)14-17(16)13-18/h5-10,13,21H,3-4,11-12,14H2,1-2H3. The molecule has 2 aromatic rings. The largest absolute Gasteiger partial charge is 0.453 e. The summed E-state index contributed by atoms with van der Waals surface area (Å²) in [6.45, 7) is 3.09. The van der Waals surface area contributed by atoms with Gasteiger partial charge in [-0.05, 0) is 53.8 Å². The Balaban J connectivity index is 1.78. The Morgan fingerprint density at radius 3 is 2.56 bits per heavy atom. The van der Waals surface area contributed by atoms with Crippen molar-refractivity contribution in [1.82, 2.24) is 4.90 Å². The minimum atomic E-state index is -3.66. The first-order valence-corrected chi connectivity index (χ1v) is 10.5. The Labute approximate surface area is 160 Å². The van der Waals surface area contributed by atoms with Gasteiger partial charge in [-0.3, -0.25) is 4.72 Å². The highest BCUT2D eigenvalue weighted by atomic mass is 32.2. The van der Waals surface area contributed by atoms with Crippen LogP contribution in [0.3, 0.4) is 0 Å². The minimum absolute atomic E-state index is 0.233. The van der Waals surface area contributed by atoms with E-state index in [1.54, 1.807) is 29.2 Å². The third-order valence-corrected chi connectivity index (χ3v) is 6.07. The molecule has 0 aromatic heterocycles. The fourth-order valence-corrected chi connectivity index (χ4v) is 4.29. The van der Waals surface area contributed by atoms with Crippen LogP contribution in [0.2, 0.25) is 0 Å². The van der Waals surface area contributed by atoms with E-state index in [9.17, 15) is 13.2 Å². The number of benzene rings is 2. The SMILES string of the molecule is CCCc1ccc(S(=O)(=O)Nc2ccc3c(c2)CN(C(=O)OC)CC3)cc1. The van der Waals surface area contributed by atoms with Crippen LogP contribution >= 0.6 is 0 Å². The molecule has 0 saturated heterocycles. The molecule has 0 fully saturated rings. The monoisotopic (exact) mass is 388 g/mol. The number of nitrogens with one attached hydrogen (secondary N) is 1. The van der Waals surface area contributed by atoms with Gasteiger partial charge in [0.1, 0.15) is 0 Å². The summed E-state index contributed by atoms with van der Waals surface area (Å²) < 4.78 is 32.7. The molecule has 1 heterocycles. The van der Waals surface area contributed by atoms with Crippen molar-refractivity contribution in [2.75, 3.05) is 18.4 Å². The number of hydrogen-bond acceptors (Lipinski definition) is 4. The average Bonchev–Trinajstić information content (AvgIpc) is 2.67. The zero-order valence-corrected chi connectivity index (χ0v) is 16.4. The van der Waals surface area contributed by atoms with Crippen LogP contribution in [-0.4, -0.2) is 33.1 Å². The van der Waals surface area contributed by atoms with E-state index < -0.39 is 10.0 Å². The van der Waals surface area contributed by atoms with Gasteiger partial charge >= 0.3 is 6.09 Å². The number of carbonyl (C=O) groups is 1. The number of rotatable bonds is 5. The molecule has 1 aliphatic rings. The normalized spacial score (nSPS) is 13.8. The maximum Gasteiger partial charge on any atom is 0.409 e. The molecule has 0 spiro atoms. The van der Waals surface area contributed by atoms with Crippen LogP contribution in [-0.2, 0) is 34.1 Å². The summed E-state index contributed by atoms with van der Waals surface area (Å²) >= 11 is 0. The van der Waals surface area contributed by atoms with Crippen LogP contribution in [0, 0.1) is 0 Å². The highest BCUT2D eigenvalue weighted by Gasteiger charge is 2.22. The van der Waals surface area contributed by atoms with E-state index in [1.807, 2.05) is 18.2 Å². The van der Waals surface area contributed by atoms with Gasteiger partial charge in [0.15, 0.2) is 0 Å². The lowest BCUT2D eigenvalue weighted by Gasteiger charge is -2.28. The second-order valence-electron chi connectivity index (χ2n) is 6.62. The molecule has 0 bridgehead atoms. The van der Waals surface area contributed by atoms with E-state index in [0.717, 1.165) is 36.0 Å². The number of ether oxygens (including phenoxy) is 1. The highest BCUT2D eigenvalue weighted by Crippen LogP contribution is 2.25. The lowest BCUT2D eigenvalue weighted by molar-refractivity contribution is 0.118. The molecule has 2 aromatic carbocycles. The predicted octanol–water partition coefficient (Wildman–Crippen LogP) is 3.56. The molecule has 0 atom stereocenters. The number of fused-ring (bicyclic) bond motifs is 1. The van der Waals surface area contributed by atoms with Crippen molar-refractivity contribution in [2.24, 2.45) is 0 Å². The summed E-state index contributed by atoms with van der Waals surface area (Å²) in [6.07, 6.45) is 2.28. The molecule has 7 heteroatoms. The van der Waals surface area contributed by atoms with Crippen LogP contribution in [0.1, 0.15) is 30.0 Å². The van der Waals surface area contributed by atoms with E-state index in [2.05, 4.69) is 11.6 Å². The second-order valence-corrected chi connectivity index (χ2v) is 8.31. The molecule has 0 aliphatic carbocycles. The minimum Gasteiger partial charge on any atom is -0.453 e. The van der Waals surface area contributed by atoms with Crippen molar-refractivity contribution >= 4 is 21.8 Å². The summed E-state index contributed by atoms with van der Waals surface area (Å²) in [5.74, 6) is 0. The Morgan fingerprint density at radius 1 is 1.15 bits per heavy atom. The number of amides is 1. The number of sulfonamides is 1. The van der Waals surface area contributed by atoms with E-state index in [0.29, 0.717) is 18.8 Å². The molecule has 144 valence electrons. The van der Waals surface area contributed by atoms with E-state index in [1.165, 1.54) is 7.11 Å². The van der Waals surface area contributed by atoms with Gasteiger partial charge in [0.05, 0.1) is 12.0 Å². The van der Waals surface area contributed by atoms with Crippen molar-refractivity contribution in [3.8, 4) is 0 Å². The van der Waals surface area contributed by atoms with Crippen molar-refractivity contribution in [1.29, 1.82) is 0 Å². The fourth-order valence-electron chi connectivity index (χ4n) is 3.24. The number of methoxy groups -OCH3 is 1. The second kappa shape index (κ2) is 8.00. The van der Waals surface area contributed by atoms with Gasteiger partial charge in [0, 0.05) is 18.8 Å². The molecular weight excluding hydrogens is 364 g/mol. The summed E-state index contributed by atoms with van der Waals surface area (Å²) in [6, 6.07) is 12.4. The highest BCUT2D eigenvalue weighted by molar-refractivity contribution is 7.92. The van der Waals surface area contributed by atoms with Gasteiger partial charge in [-0.25, -0.2) is 13.2 Å². The van der Waals surface area contributed by atoms with Crippen LogP contribution in [0.5, 0.6) is 0 Å². The van der Waals surface area contributed by atoms with E-state index in [4.69, 9.17) is 4.74 Å². The van der Waals surface area contributed by atoms with Crippen molar-refractivity contribution < 1.29 is 17.9 Å². The first-order chi connectivity index (χ1) is 12.9. The topological polar surface area (TPSA) is 75.7 Å². The lowest BCUT2D eigenvalue weighted by Crippen LogP contribution is -2.35. The zero-order chi connectivity index (χ0) is 19.4. The Morgan fingerprint density at radius 2 is 1.89 bits per heavy atom. The Bertz CT molecular complexity index is 923. The predicted molar refractivity (Wildman–Crippen MR) is 104 cm³/mol. The Kier molecular flexibility index (Phi) is 5.70. The smallest absolute Gasteiger partial charge is 0.409 e. The first kappa shape index (κ1) is 19.2. The molecule has 3 rings (SSSR count).